The molecule has 16 heavy (non-hydrogen) atoms. The van der Waals surface area contributed by atoms with Gasteiger partial charge in [0.1, 0.15) is 5.82 Å². The van der Waals surface area contributed by atoms with E-state index >= 15 is 0 Å². The zero-order valence-corrected chi connectivity index (χ0v) is 9.45. The van der Waals surface area contributed by atoms with E-state index < -0.39 is 0 Å². The molecule has 5 heteroatoms. The molecule has 1 aliphatic rings. The minimum absolute atomic E-state index is 0.143. The number of nitrogens with zero attached hydrogens (tertiary/aromatic N) is 1. The first-order chi connectivity index (χ1) is 7.78. The van der Waals surface area contributed by atoms with Gasteiger partial charge in [-0.1, -0.05) is 0 Å². The highest BCUT2D eigenvalue weighted by Crippen LogP contribution is 2.16. The number of ether oxygens (including phenoxy) is 1. The summed E-state index contributed by atoms with van der Waals surface area (Å²) >= 11 is 0. The van der Waals surface area contributed by atoms with Crippen LogP contribution in [0.15, 0.2) is 10.9 Å². The molecule has 5 nitrogen and oxygen atoms in total. The lowest BCUT2D eigenvalue weighted by atomic mass is 9.94. The van der Waals surface area contributed by atoms with Gasteiger partial charge in [-0.25, -0.2) is 4.98 Å². The SMILES string of the molecule is COc1cc(=O)[nH]c(CC2CCNCC2)n1. The van der Waals surface area contributed by atoms with E-state index in [1.807, 2.05) is 0 Å². The number of aromatic amines is 1. The van der Waals surface area contributed by atoms with Crippen molar-refractivity contribution in [1.82, 2.24) is 15.3 Å². The Morgan fingerprint density at radius 3 is 2.94 bits per heavy atom. The van der Waals surface area contributed by atoms with E-state index in [0.717, 1.165) is 38.2 Å². The van der Waals surface area contributed by atoms with Gasteiger partial charge in [-0.05, 0) is 31.8 Å². The maximum absolute atomic E-state index is 11.3. The smallest absolute Gasteiger partial charge is 0.254 e. The first-order valence-corrected chi connectivity index (χ1v) is 5.63. The van der Waals surface area contributed by atoms with Crippen LogP contribution >= 0.6 is 0 Å². The van der Waals surface area contributed by atoms with Crippen molar-refractivity contribution in [2.24, 2.45) is 5.92 Å². The van der Waals surface area contributed by atoms with Crippen LogP contribution in [0.3, 0.4) is 0 Å². The molecule has 0 spiro atoms. The monoisotopic (exact) mass is 223 g/mol. The summed E-state index contributed by atoms with van der Waals surface area (Å²) < 4.78 is 4.98. The fraction of sp³-hybridized carbons (Fsp3) is 0.636. The van der Waals surface area contributed by atoms with E-state index in [0.29, 0.717) is 11.8 Å². The second kappa shape index (κ2) is 5.12. The normalized spacial score (nSPS) is 17.3. The maximum Gasteiger partial charge on any atom is 0.254 e. The lowest BCUT2D eigenvalue weighted by molar-refractivity contribution is 0.360. The van der Waals surface area contributed by atoms with Gasteiger partial charge in [0, 0.05) is 6.42 Å². The van der Waals surface area contributed by atoms with Gasteiger partial charge >= 0.3 is 0 Å². The Morgan fingerprint density at radius 1 is 1.50 bits per heavy atom. The first-order valence-electron chi connectivity index (χ1n) is 5.63. The Kier molecular flexibility index (Phi) is 3.56. The van der Waals surface area contributed by atoms with Crippen LogP contribution < -0.4 is 15.6 Å². The van der Waals surface area contributed by atoms with E-state index in [2.05, 4.69) is 15.3 Å². The van der Waals surface area contributed by atoms with Crippen molar-refractivity contribution in [2.45, 2.75) is 19.3 Å². The van der Waals surface area contributed by atoms with E-state index in [1.54, 1.807) is 0 Å². The highest BCUT2D eigenvalue weighted by atomic mass is 16.5. The predicted octanol–water partition coefficient (Wildman–Crippen LogP) is 0.321. The summed E-state index contributed by atoms with van der Waals surface area (Å²) in [4.78, 5) is 18.3. The molecule has 2 heterocycles. The van der Waals surface area contributed by atoms with Crippen molar-refractivity contribution in [3.05, 3.63) is 22.2 Å². The summed E-state index contributed by atoms with van der Waals surface area (Å²) in [7, 11) is 1.52. The summed E-state index contributed by atoms with van der Waals surface area (Å²) in [6.45, 7) is 2.11. The molecule has 0 radical (unpaired) electrons. The number of nitrogens with one attached hydrogen (secondary N) is 2. The number of H-pyrrole nitrogens is 1. The van der Waals surface area contributed by atoms with Crippen LogP contribution in [-0.4, -0.2) is 30.2 Å². The summed E-state index contributed by atoms with van der Waals surface area (Å²) in [5, 5.41) is 3.32. The largest absolute Gasteiger partial charge is 0.481 e. The van der Waals surface area contributed by atoms with Gasteiger partial charge in [-0.15, -0.1) is 0 Å². The predicted molar refractivity (Wildman–Crippen MR) is 60.7 cm³/mol. The van der Waals surface area contributed by atoms with E-state index in [4.69, 9.17) is 4.74 Å². The molecule has 1 aliphatic heterocycles. The Balaban J connectivity index is 2.07. The summed E-state index contributed by atoms with van der Waals surface area (Å²) in [5.41, 5.74) is -0.143. The summed E-state index contributed by atoms with van der Waals surface area (Å²) in [6.07, 6.45) is 3.11. The lowest BCUT2D eigenvalue weighted by Crippen LogP contribution is -2.29. The zero-order chi connectivity index (χ0) is 11.4. The summed E-state index contributed by atoms with van der Waals surface area (Å²) in [5.74, 6) is 1.74. The van der Waals surface area contributed by atoms with Gasteiger partial charge in [0.15, 0.2) is 0 Å². The number of hydrogen-bond donors (Lipinski definition) is 2. The fourth-order valence-electron chi connectivity index (χ4n) is 2.04. The lowest BCUT2D eigenvalue weighted by Gasteiger charge is -2.21. The van der Waals surface area contributed by atoms with E-state index in [-0.39, 0.29) is 5.56 Å². The molecule has 1 saturated heterocycles. The van der Waals surface area contributed by atoms with Crippen molar-refractivity contribution in [1.29, 1.82) is 0 Å². The molecule has 0 bridgehead atoms. The standard InChI is InChI=1S/C11H17N3O2/c1-16-11-7-10(15)13-9(14-11)6-8-2-4-12-5-3-8/h7-8,12H,2-6H2,1H3,(H,13,14,15). The summed E-state index contributed by atoms with van der Waals surface area (Å²) in [6, 6.07) is 1.37. The van der Waals surface area contributed by atoms with Crippen molar-refractivity contribution in [3.8, 4) is 5.88 Å². The highest BCUT2D eigenvalue weighted by molar-refractivity contribution is 5.08. The van der Waals surface area contributed by atoms with Gasteiger partial charge in [0.25, 0.3) is 5.56 Å². The molecule has 0 amide bonds. The average molecular weight is 223 g/mol. The Morgan fingerprint density at radius 2 is 2.25 bits per heavy atom. The Bertz CT molecular complexity index is 396. The van der Waals surface area contributed by atoms with E-state index in [9.17, 15) is 4.79 Å². The maximum atomic E-state index is 11.3. The van der Waals surface area contributed by atoms with Gasteiger partial charge in [-0.3, -0.25) is 4.79 Å². The molecule has 0 aromatic carbocycles. The topological polar surface area (TPSA) is 67.0 Å². The zero-order valence-electron chi connectivity index (χ0n) is 9.45. The minimum atomic E-state index is -0.143. The second-order valence-corrected chi connectivity index (χ2v) is 4.13. The molecule has 2 N–H and O–H groups in total. The van der Waals surface area contributed by atoms with Crippen LogP contribution in [0.1, 0.15) is 18.7 Å². The molecule has 0 aliphatic carbocycles. The van der Waals surface area contributed by atoms with Gasteiger partial charge in [0.2, 0.25) is 5.88 Å². The van der Waals surface area contributed by atoms with Crippen LogP contribution in [0.2, 0.25) is 0 Å². The van der Waals surface area contributed by atoms with Gasteiger partial charge in [0.05, 0.1) is 13.2 Å². The Hall–Kier alpha value is -1.36. The van der Waals surface area contributed by atoms with Crippen molar-refractivity contribution >= 4 is 0 Å². The second-order valence-electron chi connectivity index (χ2n) is 4.13. The number of piperidine rings is 1. The fourth-order valence-corrected chi connectivity index (χ4v) is 2.04. The third kappa shape index (κ3) is 2.82. The van der Waals surface area contributed by atoms with Crippen LogP contribution in [0.5, 0.6) is 5.88 Å². The first kappa shape index (κ1) is 11.1. The Labute approximate surface area is 94.2 Å². The van der Waals surface area contributed by atoms with Crippen molar-refractivity contribution in [2.75, 3.05) is 20.2 Å². The molecule has 0 unspecified atom stereocenters. The third-order valence-electron chi connectivity index (χ3n) is 2.92. The molecule has 0 saturated carbocycles. The third-order valence-corrected chi connectivity index (χ3v) is 2.92. The molecule has 0 atom stereocenters. The van der Waals surface area contributed by atoms with Crippen LogP contribution in [0.25, 0.3) is 0 Å². The molecule has 2 rings (SSSR count). The van der Waals surface area contributed by atoms with Gasteiger partial charge in [-0.2, -0.15) is 0 Å². The highest BCUT2D eigenvalue weighted by Gasteiger charge is 2.15. The minimum Gasteiger partial charge on any atom is -0.481 e. The quantitative estimate of drug-likeness (QED) is 0.774. The number of rotatable bonds is 3. The number of hydrogen-bond acceptors (Lipinski definition) is 4. The molecule has 88 valence electrons. The van der Waals surface area contributed by atoms with Crippen molar-refractivity contribution < 1.29 is 4.74 Å². The number of methoxy groups -OCH3 is 1. The van der Waals surface area contributed by atoms with Crippen LogP contribution in [0.4, 0.5) is 0 Å². The van der Waals surface area contributed by atoms with Crippen LogP contribution in [-0.2, 0) is 6.42 Å². The van der Waals surface area contributed by atoms with Crippen molar-refractivity contribution in [3.63, 3.8) is 0 Å². The molecule has 1 aromatic heterocycles. The molecular weight excluding hydrogens is 206 g/mol. The average Bonchev–Trinajstić information content (AvgIpc) is 2.29. The molecule has 1 fully saturated rings. The molecule has 1 aromatic rings. The molecular formula is C11H17N3O2. The van der Waals surface area contributed by atoms with E-state index in [1.165, 1.54) is 13.2 Å². The van der Waals surface area contributed by atoms with Gasteiger partial charge < -0.3 is 15.0 Å². The van der Waals surface area contributed by atoms with Crippen LogP contribution in [0, 0.1) is 5.92 Å². The number of aromatic nitrogens is 2.